The van der Waals surface area contributed by atoms with Crippen LogP contribution in [0.5, 0.6) is 0 Å². The fourth-order valence-electron chi connectivity index (χ4n) is 4.16. The summed E-state index contributed by atoms with van der Waals surface area (Å²) in [5, 5.41) is 11.4. The highest BCUT2D eigenvalue weighted by atomic mass is 16.5. The summed E-state index contributed by atoms with van der Waals surface area (Å²) in [4.78, 5) is 22.5. The molecule has 152 valence electrons. The maximum absolute atomic E-state index is 12.0. The summed E-state index contributed by atoms with van der Waals surface area (Å²) in [5.74, 6) is 0.0465. The van der Waals surface area contributed by atoms with Crippen LogP contribution in [0.2, 0.25) is 0 Å². The van der Waals surface area contributed by atoms with Crippen LogP contribution in [0.25, 0.3) is 0 Å². The number of rotatable bonds is 10. The van der Waals surface area contributed by atoms with Gasteiger partial charge in [0.05, 0.1) is 12.2 Å². The van der Waals surface area contributed by atoms with Gasteiger partial charge in [-0.05, 0) is 50.2 Å². The molecule has 0 aromatic heterocycles. The van der Waals surface area contributed by atoms with Crippen LogP contribution in [0.15, 0.2) is 42.5 Å². The monoisotopic (exact) mass is 387 g/mol. The third kappa shape index (κ3) is 5.81. The summed E-state index contributed by atoms with van der Waals surface area (Å²) >= 11 is 0. The van der Waals surface area contributed by atoms with E-state index < -0.39 is 5.97 Å². The van der Waals surface area contributed by atoms with Crippen molar-refractivity contribution in [2.24, 2.45) is 11.8 Å². The van der Waals surface area contributed by atoms with Crippen molar-refractivity contribution < 1.29 is 19.4 Å². The second-order valence-corrected chi connectivity index (χ2v) is 7.44. The van der Waals surface area contributed by atoms with Gasteiger partial charge in [-0.25, -0.2) is 10.2 Å². The molecule has 0 unspecified atom stereocenters. The molecule has 2 aliphatic heterocycles. The zero-order valence-corrected chi connectivity index (χ0v) is 16.0. The molecule has 4 N–H and O–H groups in total. The first kappa shape index (κ1) is 20.4. The molecule has 0 saturated carbocycles. The minimum Gasteiger partial charge on any atom is -0.481 e. The molecular formula is C21H29N3O4. The highest BCUT2D eigenvalue weighted by Gasteiger charge is 2.47. The number of anilines is 1. The molecule has 2 saturated heterocycles. The number of carbonyl (C=O) groups excluding carboxylic acids is 1. The Hall–Kier alpha value is -2.38. The lowest BCUT2D eigenvalue weighted by Gasteiger charge is -2.27. The summed E-state index contributed by atoms with van der Waals surface area (Å²) in [5.41, 5.74) is 6.50. The summed E-state index contributed by atoms with van der Waals surface area (Å²) in [6, 6.07) is 9.03. The Morgan fingerprint density at radius 3 is 2.61 bits per heavy atom. The number of benzene rings is 1. The number of para-hydroxylation sites is 1. The fraction of sp³-hybridized carbons (Fsp3) is 0.524. The number of nitrogens with one attached hydrogen (secondary N) is 3. The van der Waals surface area contributed by atoms with Crippen molar-refractivity contribution in [1.29, 1.82) is 0 Å². The molecule has 2 bridgehead atoms. The second-order valence-electron chi connectivity index (χ2n) is 7.44. The molecule has 7 heteroatoms. The minimum absolute atomic E-state index is 0.213. The number of carboxylic acid groups (broad SMARTS) is 1. The number of urea groups is 1. The molecule has 28 heavy (non-hydrogen) atoms. The van der Waals surface area contributed by atoms with Gasteiger partial charge in [0.25, 0.3) is 0 Å². The number of hydrazine groups is 1. The van der Waals surface area contributed by atoms with Crippen LogP contribution >= 0.6 is 0 Å². The number of hydrogen-bond acceptors (Lipinski definition) is 4. The summed E-state index contributed by atoms with van der Waals surface area (Å²) in [6.45, 7) is 0.668. The second kappa shape index (κ2) is 10.2. The summed E-state index contributed by atoms with van der Waals surface area (Å²) in [7, 11) is 0. The number of amides is 2. The third-order valence-electron chi connectivity index (χ3n) is 5.50. The van der Waals surface area contributed by atoms with Crippen LogP contribution in [0.3, 0.4) is 0 Å². The lowest BCUT2D eigenvalue weighted by Crippen LogP contribution is -2.45. The highest BCUT2D eigenvalue weighted by Crippen LogP contribution is 2.44. The van der Waals surface area contributed by atoms with Gasteiger partial charge in [-0.1, -0.05) is 30.4 Å². The van der Waals surface area contributed by atoms with Gasteiger partial charge in [-0.15, -0.1) is 0 Å². The van der Waals surface area contributed by atoms with Gasteiger partial charge >= 0.3 is 12.0 Å². The van der Waals surface area contributed by atoms with Crippen LogP contribution < -0.4 is 16.2 Å². The summed E-state index contributed by atoms with van der Waals surface area (Å²) in [6.07, 6.45) is 9.54. The van der Waals surface area contributed by atoms with Crippen molar-refractivity contribution in [3.8, 4) is 0 Å². The Balaban J connectivity index is 1.40. The van der Waals surface area contributed by atoms with Crippen LogP contribution in [0.4, 0.5) is 10.5 Å². The Morgan fingerprint density at radius 2 is 1.86 bits per heavy atom. The van der Waals surface area contributed by atoms with Crippen molar-refractivity contribution >= 4 is 17.7 Å². The first-order valence-corrected chi connectivity index (χ1v) is 10.0. The highest BCUT2D eigenvalue weighted by molar-refractivity contribution is 5.88. The number of fused-ring (bicyclic) bond motifs is 2. The summed E-state index contributed by atoms with van der Waals surface area (Å²) < 4.78 is 6.08. The maximum Gasteiger partial charge on any atom is 0.333 e. The van der Waals surface area contributed by atoms with E-state index in [1.165, 1.54) is 0 Å². The van der Waals surface area contributed by atoms with Gasteiger partial charge < -0.3 is 15.2 Å². The van der Waals surface area contributed by atoms with E-state index in [1.807, 2.05) is 30.3 Å². The van der Waals surface area contributed by atoms with E-state index in [4.69, 9.17) is 9.84 Å². The van der Waals surface area contributed by atoms with Crippen LogP contribution in [0.1, 0.15) is 38.5 Å². The molecule has 7 nitrogen and oxygen atoms in total. The van der Waals surface area contributed by atoms with Gasteiger partial charge in [-0.2, -0.15) is 0 Å². The Morgan fingerprint density at radius 1 is 1.11 bits per heavy atom. The van der Waals surface area contributed by atoms with Gasteiger partial charge in [0, 0.05) is 24.6 Å². The normalized spacial score (nSPS) is 25.9. The molecule has 2 aliphatic rings. The lowest BCUT2D eigenvalue weighted by atomic mass is 9.77. The standard InChI is InChI=1S/C21H29N3O4/c25-20(26)11-7-2-1-6-10-16-17(19-13-12-18(16)28-19)14-22-24-21(27)23-15-8-4-3-5-9-15/h1,3-6,8-9,16-19,22H,2,7,10-14H2,(H,25,26)(H2,23,24,27)/t16-,17+,18-,19+/m0/s1. The quantitative estimate of drug-likeness (QED) is 0.280. The van der Waals surface area contributed by atoms with Gasteiger partial charge in [0.1, 0.15) is 0 Å². The molecule has 1 aromatic carbocycles. The van der Waals surface area contributed by atoms with Crippen molar-refractivity contribution in [2.45, 2.75) is 50.7 Å². The number of unbranched alkanes of at least 4 members (excludes halogenated alkanes) is 1. The molecule has 2 fully saturated rings. The largest absolute Gasteiger partial charge is 0.481 e. The Kier molecular flexibility index (Phi) is 7.45. The van der Waals surface area contributed by atoms with E-state index in [1.54, 1.807) is 0 Å². The van der Waals surface area contributed by atoms with E-state index in [2.05, 4.69) is 28.3 Å². The smallest absolute Gasteiger partial charge is 0.333 e. The average molecular weight is 387 g/mol. The maximum atomic E-state index is 12.0. The number of carbonyl (C=O) groups is 2. The lowest BCUT2D eigenvalue weighted by molar-refractivity contribution is -0.137. The van der Waals surface area contributed by atoms with E-state index in [9.17, 15) is 9.59 Å². The van der Waals surface area contributed by atoms with Gasteiger partial charge in [0.2, 0.25) is 0 Å². The molecular weight excluding hydrogens is 358 g/mol. The molecule has 0 spiro atoms. The molecule has 1 aromatic rings. The predicted molar refractivity (Wildman–Crippen MR) is 107 cm³/mol. The van der Waals surface area contributed by atoms with Crippen molar-refractivity contribution in [2.75, 3.05) is 11.9 Å². The zero-order valence-electron chi connectivity index (χ0n) is 16.0. The number of ether oxygens (including phenoxy) is 1. The molecule has 4 atom stereocenters. The molecule has 0 aliphatic carbocycles. The van der Waals surface area contributed by atoms with Crippen molar-refractivity contribution in [1.82, 2.24) is 10.9 Å². The number of aliphatic carboxylic acids is 1. The minimum atomic E-state index is -0.746. The number of allylic oxidation sites excluding steroid dienone is 2. The predicted octanol–water partition coefficient (Wildman–Crippen LogP) is 3.31. The Labute approximate surface area is 165 Å². The van der Waals surface area contributed by atoms with Crippen LogP contribution in [0, 0.1) is 11.8 Å². The molecule has 2 amide bonds. The third-order valence-corrected chi connectivity index (χ3v) is 5.50. The molecule has 3 rings (SSSR count). The van der Waals surface area contributed by atoms with E-state index in [0.717, 1.165) is 31.4 Å². The molecule has 0 radical (unpaired) electrons. The topological polar surface area (TPSA) is 99.7 Å². The van der Waals surface area contributed by atoms with Gasteiger partial charge in [0.15, 0.2) is 0 Å². The van der Waals surface area contributed by atoms with E-state index in [0.29, 0.717) is 30.9 Å². The van der Waals surface area contributed by atoms with E-state index >= 15 is 0 Å². The first-order valence-electron chi connectivity index (χ1n) is 10.0. The SMILES string of the molecule is O=C(O)CCCC=CC[C@H]1[C@@H](CNNC(=O)Nc2ccccc2)[C@H]2CC[C@@H]1O2. The van der Waals surface area contributed by atoms with Gasteiger partial charge in [-0.3, -0.25) is 10.2 Å². The Bertz CT molecular complexity index is 679. The van der Waals surface area contributed by atoms with Crippen LogP contribution in [-0.2, 0) is 9.53 Å². The van der Waals surface area contributed by atoms with E-state index in [-0.39, 0.29) is 18.6 Å². The molecule has 2 heterocycles. The number of carboxylic acids is 1. The number of hydrogen-bond donors (Lipinski definition) is 4. The zero-order chi connectivity index (χ0) is 19.8. The van der Waals surface area contributed by atoms with Crippen molar-refractivity contribution in [3.05, 3.63) is 42.5 Å². The van der Waals surface area contributed by atoms with Crippen molar-refractivity contribution in [3.63, 3.8) is 0 Å². The fourth-order valence-corrected chi connectivity index (χ4v) is 4.16. The average Bonchev–Trinajstić information content (AvgIpc) is 3.27. The first-order chi connectivity index (χ1) is 13.6. The van der Waals surface area contributed by atoms with Crippen LogP contribution in [-0.4, -0.2) is 35.9 Å².